The van der Waals surface area contributed by atoms with E-state index in [9.17, 15) is 9.90 Å². The Labute approximate surface area is 216 Å². The minimum absolute atomic E-state index is 0.548. The van der Waals surface area contributed by atoms with Crippen molar-refractivity contribution in [3.05, 3.63) is 34.5 Å². The fourth-order valence-electron chi connectivity index (χ4n) is 4.04. The maximum Gasteiger partial charge on any atom is 0.209 e. The van der Waals surface area contributed by atoms with Crippen LogP contribution in [-0.2, 0) is 17.6 Å². The Kier molecular flexibility index (Phi) is 8.86. The summed E-state index contributed by atoms with van der Waals surface area (Å²) in [5.41, 5.74) is 9.76. The van der Waals surface area contributed by atoms with Gasteiger partial charge in [-0.1, -0.05) is 0 Å². The first-order chi connectivity index (χ1) is 17.0. The second-order valence-corrected chi connectivity index (χ2v) is 11.0. The number of aryl methyl sites for hydroxylation is 2. The van der Waals surface area contributed by atoms with Crippen LogP contribution in [0.5, 0.6) is 0 Å². The van der Waals surface area contributed by atoms with Gasteiger partial charge in [0.2, 0.25) is 6.41 Å². The number of carbonyl (C=O) groups is 1. The van der Waals surface area contributed by atoms with Crippen molar-refractivity contribution in [2.45, 2.75) is 51.6 Å². The van der Waals surface area contributed by atoms with Crippen molar-refractivity contribution in [1.29, 1.82) is 5.41 Å². The summed E-state index contributed by atoms with van der Waals surface area (Å²) in [5, 5.41) is 22.5. The molecule has 0 aliphatic heterocycles. The average Bonchev–Trinajstić information content (AvgIpc) is 3.23. The van der Waals surface area contributed by atoms with Gasteiger partial charge in [0.05, 0.1) is 22.4 Å². The number of aromatic nitrogens is 2. The standard InChI is InChI=1S/C23H30N6OS.C3H7NO/c1-23(2,30)8-9-29(3)18-11-16(25)14(12-24)10-17(18)28-21-20-15-6-4-5-7-19(15)31-22(20)27-13-26-21;1-4(2)3-5/h10-13,24,30H,4-9,25H2,1-3H3,(H,26,27,28);3H,1-2H3. The van der Waals surface area contributed by atoms with E-state index in [0.29, 0.717) is 24.2 Å². The number of anilines is 4. The monoisotopic (exact) mass is 511 g/mol. The number of nitrogens with one attached hydrogen (secondary N) is 2. The predicted octanol–water partition coefficient (Wildman–Crippen LogP) is 4.20. The molecular formula is C26H37N7O2S. The van der Waals surface area contributed by atoms with Gasteiger partial charge in [0.25, 0.3) is 0 Å². The lowest BCUT2D eigenvalue weighted by atomic mass is 9.97. The molecule has 0 saturated carbocycles. The van der Waals surface area contributed by atoms with E-state index >= 15 is 0 Å². The first-order valence-electron chi connectivity index (χ1n) is 12.1. The molecule has 2 aromatic heterocycles. The van der Waals surface area contributed by atoms with Crippen molar-refractivity contribution in [2.24, 2.45) is 0 Å². The number of amides is 1. The van der Waals surface area contributed by atoms with Crippen LogP contribution in [0, 0.1) is 5.41 Å². The number of rotatable bonds is 8. The Balaban J connectivity index is 0.000000658. The summed E-state index contributed by atoms with van der Waals surface area (Å²) in [6, 6.07) is 3.78. The Bertz CT molecular complexity index is 1220. The van der Waals surface area contributed by atoms with Crippen molar-refractivity contribution in [3.8, 4) is 0 Å². The second-order valence-electron chi connectivity index (χ2n) is 9.93. The van der Waals surface area contributed by atoms with Gasteiger partial charge in [-0.05, 0) is 63.6 Å². The number of thiophene rings is 1. The number of hydrogen-bond acceptors (Lipinski definition) is 9. The number of nitrogen functional groups attached to an aromatic ring is 1. The zero-order valence-electron chi connectivity index (χ0n) is 21.8. The Morgan fingerprint density at radius 3 is 2.56 bits per heavy atom. The molecule has 0 bridgehead atoms. The second kappa shape index (κ2) is 11.7. The molecule has 0 unspecified atom stereocenters. The number of carbonyl (C=O) groups excluding carboxylic acids is 1. The van der Waals surface area contributed by atoms with E-state index in [1.165, 1.54) is 34.4 Å². The van der Waals surface area contributed by atoms with E-state index in [2.05, 4.69) is 20.2 Å². The molecule has 1 aliphatic rings. The quantitative estimate of drug-likeness (QED) is 0.202. The lowest BCUT2D eigenvalue weighted by molar-refractivity contribution is -0.115. The van der Waals surface area contributed by atoms with Crippen LogP contribution in [-0.4, -0.2) is 65.9 Å². The molecule has 194 valence electrons. The maximum atomic E-state index is 10.1. The molecule has 3 aromatic rings. The van der Waals surface area contributed by atoms with E-state index < -0.39 is 5.60 Å². The largest absolute Gasteiger partial charge is 0.398 e. The number of nitrogens with zero attached hydrogens (tertiary/aromatic N) is 4. The molecule has 2 heterocycles. The van der Waals surface area contributed by atoms with Crippen LogP contribution in [0.15, 0.2) is 18.5 Å². The van der Waals surface area contributed by atoms with Crippen LogP contribution < -0.4 is 16.0 Å². The van der Waals surface area contributed by atoms with Crippen LogP contribution >= 0.6 is 11.3 Å². The van der Waals surface area contributed by atoms with Crippen LogP contribution in [0.25, 0.3) is 10.2 Å². The van der Waals surface area contributed by atoms with Crippen molar-refractivity contribution in [2.75, 3.05) is 43.6 Å². The third-order valence-electron chi connectivity index (χ3n) is 6.04. The Hall–Kier alpha value is -3.24. The van der Waals surface area contributed by atoms with Crippen LogP contribution in [0.3, 0.4) is 0 Å². The molecule has 1 amide bonds. The lowest BCUT2D eigenvalue weighted by Crippen LogP contribution is -2.28. The van der Waals surface area contributed by atoms with Gasteiger partial charge in [0.15, 0.2) is 0 Å². The number of nitrogens with two attached hydrogens (primary N) is 1. The zero-order valence-corrected chi connectivity index (χ0v) is 22.6. The maximum absolute atomic E-state index is 10.1. The molecule has 0 fully saturated rings. The smallest absolute Gasteiger partial charge is 0.209 e. The van der Waals surface area contributed by atoms with Crippen molar-refractivity contribution in [1.82, 2.24) is 14.9 Å². The normalized spacial score (nSPS) is 12.8. The highest BCUT2D eigenvalue weighted by atomic mass is 32.1. The van der Waals surface area contributed by atoms with Crippen molar-refractivity contribution in [3.63, 3.8) is 0 Å². The molecular weight excluding hydrogens is 474 g/mol. The Morgan fingerprint density at radius 2 is 1.92 bits per heavy atom. The third kappa shape index (κ3) is 6.70. The molecule has 1 aromatic carbocycles. The molecule has 10 heteroatoms. The topological polar surface area (TPSA) is 131 Å². The lowest BCUT2D eigenvalue weighted by Gasteiger charge is -2.27. The van der Waals surface area contributed by atoms with E-state index in [1.807, 2.05) is 33.0 Å². The highest BCUT2D eigenvalue weighted by Crippen LogP contribution is 2.40. The van der Waals surface area contributed by atoms with Crippen LogP contribution in [0.1, 0.15) is 49.1 Å². The molecule has 9 nitrogen and oxygen atoms in total. The highest BCUT2D eigenvalue weighted by molar-refractivity contribution is 7.19. The summed E-state index contributed by atoms with van der Waals surface area (Å²) < 4.78 is 0. The molecule has 0 radical (unpaired) electrons. The summed E-state index contributed by atoms with van der Waals surface area (Å²) in [7, 11) is 5.36. The van der Waals surface area contributed by atoms with E-state index in [-0.39, 0.29) is 0 Å². The third-order valence-corrected chi connectivity index (χ3v) is 7.24. The van der Waals surface area contributed by atoms with Crippen LogP contribution in [0.4, 0.5) is 22.9 Å². The summed E-state index contributed by atoms with van der Waals surface area (Å²) in [6.07, 6.45) is 8.84. The first-order valence-corrected chi connectivity index (χ1v) is 12.9. The summed E-state index contributed by atoms with van der Waals surface area (Å²) >= 11 is 1.77. The van der Waals surface area contributed by atoms with E-state index in [4.69, 9.17) is 11.1 Å². The summed E-state index contributed by atoms with van der Waals surface area (Å²) in [4.78, 5) is 24.5. The number of hydrogen-bond donors (Lipinski definition) is 4. The number of benzene rings is 1. The van der Waals surface area contributed by atoms with E-state index in [1.54, 1.807) is 31.8 Å². The minimum Gasteiger partial charge on any atom is -0.398 e. The summed E-state index contributed by atoms with van der Waals surface area (Å²) in [5.74, 6) is 0.794. The van der Waals surface area contributed by atoms with Crippen molar-refractivity contribution < 1.29 is 9.90 Å². The average molecular weight is 512 g/mol. The fourth-order valence-corrected chi connectivity index (χ4v) is 5.27. The van der Waals surface area contributed by atoms with Gasteiger partial charge >= 0.3 is 0 Å². The van der Waals surface area contributed by atoms with Crippen LogP contribution in [0.2, 0.25) is 0 Å². The molecule has 1 aliphatic carbocycles. The molecule has 36 heavy (non-hydrogen) atoms. The van der Waals surface area contributed by atoms with Gasteiger partial charge < -0.3 is 31.4 Å². The van der Waals surface area contributed by atoms with Gasteiger partial charge in [-0.25, -0.2) is 9.97 Å². The SMILES string of the molecule is CN(C)C=O.CN(CCC(C)(C)O)c1cc(N)c(C=N)cc1Nc1ncnc2sc3c(c12)CCCC3. The number of fused-ring (bicyclic) bond motifs is 3. The van der Waals surface area contributed by atoms with Gasteiger partial charge in [-0.15, -0.1) is 11.3 Å². The van der Waals surface area contributed by atoms with Gasteiger partial charge in [0.1, 0.15) is 17.0 Å². The van der Waals surface area contributed by atoms with E-state index in [0.717, 1.165) is 46.7 Å². The molecule has 0 saturated heterocycles. The molecule has 0 atom stereocenters. The van der Waals surface area contributed by atoms with Gasteiger partial charge in [-0.3, -0.25) is 4.79 Å². The molecule has 0 spiro atoms. The predicted molar refractivity (Wildman–Crippen MR) is 150 cm³/mol. The fraction of sp³-hybridized carbons (Fsp3) is 0.462. The van der Waals surface area contributed by atoms with Gasteiger partial charge in [-0.2, -0.15) is 0 Å². The van der Waals surface area contributed by atoms with Gasteiger partial charge in [0, 0.05) is 50.0 Å². The summed E-state index contributed by atoms with van der Waals surface area (Å²) in [6.45, 7) is 4.28. The van der Waals surface area contributed by atoms with Crippen molar-refractivity contribution >= 4 is 57.1 Å². The number of aliphatic hydroxyl groups is 1. The zero-order chi connectivity index (χ0) is 26.5. The molecule has 4 rings (SSSR count). The first kappa shape index (κ1) is 27.3. The minimum atomic E-state index is -0.753. The molecule has 5 N–H and O–H groups in total. The Morgan fingerprint density at radius 1 is 1.22 bits per heavy atom. The highest BCUT2D eigenvalue weighted by Gasteiger charge is 2.21.